The third-order valence-electron chi connectivity index (χ3n) is 2.30. The van der Waals surface area contributed by atoms with Gasteiger partial charge in [-0.3, -0.25) is 19.7 Å². The third-order valence-corrected chi connectivity index (χ3v) is 2.30. The molecule has 0 aliphatic rings. The van der Waals surface area contributed by atoms with Crippen molar-refractivity contribution >= 4 is 23.6 Å². The number of carbonyl (C=O) groups excluding carboxylic acids is 2. The lowest BCUT2D eigenvalue weighted by atomic mass is 10.2. The first kappa shape index (κ1) is 14.6. The summed E-state index contributed by atoms with van der Waals surface area (Å²) in [7, 11) is 0. The number of nitro benzene ring substituents is 1. The zero-order chi connectivity index (χ0) is 14.3. The molecule has 0 unspecified atom stereocenters. The van der Waals surface area contributed by atoms with Crippen molar-refractivity contribution in [3.8, 4) is 0 Å². The van der Waals surface area contributed by atoms with E-state index < -0.39 is 4.92 Å². The van der Waals surface area contributed by atoms with Gasteiger partial charge in [-0.05, 0) is 19.1 Å². The molecule has 0 amide bonds. The highest BCUT2D eigenvalue weighted by atomic mass is 16.6. The number of benzene rings is 1. The number of nitrogens with zero attached hydrogens (tertiary/aromatic N) is 1. The van der Waals surface area contributed by atoms with Crippen LogP contribution in [0.25, 0.3) is 0 Å². The highest BCUT2D eigenvalue weighted by Crippen LogP contribution is 2.24. The molecule has 1 N–H and O–H groups in total. The van der Waals surface area contributed by atoms with Crippen molar-refractivity contribution in [3.05, 3.63) is 33.9 Å². The molecule has 0 atom stereocenters. The van der Waals surface area contributed by atoms with Gasteiger partial charge in [0.15, 0.2) is 0 Å². The second-order valence-electron chi connectivity index (χ2n) is 3.63. The van der Waals surface area contributed by atoms with Crippen LogP contribution in [0, 0.1) is 10.1 Å². The Morgan fingerprint density at radius 2 is 2.26 bits per heavy atom. The van der Waals surface area contributed by atoms with Gasteiger partial charge >= 0.3 is 5.97 Å². The summed E-state index contributed by atoms with van der Waals surface area (Å²) in [6, 6.07) is 4.08. The summed E-state index contributed by atoms with van der Waals surface area (Å²) in [6.07, 6.45) is 0.649. The molecule has 0 aliphatic carbocycles. The summed E-state index contributed by atoms with van der Waals surface area (Å²) in [5.41, 5.74) is 0.288. The standard InChI is InChI=1S/C12H14N2O5/c1-2-19-12(16)5-6-13-10-4-3-9(8-15)7-11(10)14(17)18/h3-4,7-8,13H,2,5-6H2,1H3. The number of hydrogen-bond acceptors (Lipinski definition) is 6. The Labute approximate surface area is 109 Å². The van der Waals surface area contributed by atoms with Crippen molar-refractivity contribution in [3.63, 3.8) is 0 Å². The fourth-order valence-corrected chi connectivity index (χ4v) is 1.45. The number of rotatable bonds is 7. The lowest BCUT2D eigenvalue weighted by Gasteiger charge is -2.07. The maximum Gasteiger partial charge on any atom is 0.307 e. The lowest BCUT2D eigenvalue weighted by Crippen LogP contribution is -2.12. The van der Waals surface area contributed by atoms with Gasteiger partial charge in [-0.15, -0.1) is 0 Å². The SMILES string of the molecule is CCOC(=O)CCNc1ccc(C=O)cc1[N+](=O)[O-]. The van der Waals surface area contributed by atoms with Gasteiger partial charge in [0, 0.05) is 18.2 Å². The van der Waals surface area contributed by atoms with Crippen LogP contribution in [0.4, 0.5) is 11.4 Å². The van der Waals surface area contributed by atoms with Gasteiger partial charge in [-0.1, -0.05) is 0 Å². The molecule has 19 heavy (non-hydrogen) atoms. The average molecular weight is 266 g/mol. The molecule has 102 valence electrons. The Balaban J connectivity index is 2.70. The smallest absolute Gasteiger partial charge is 0.307 e. The Morgan fingerprint density at radius 3 is 2.84 bits per heavy atom. The van der Waals surface area contributed by atoms with E-state index in [0.29, 0.717) is 12.9 Å². The molecule has 0 spiro atoms. The third kappa shape index (κ3) is 4.38. The fourth-order valence-electron chi connectivity index (χ4n) is 1.45. The quantitative estimate of drug-likeness (QED) is 0.349. The maximum atomic E-state index is 11.1. The highest BCUT2D eigenvalue weighted by Gasteiger charge is 2.14. The number of esters is 1. The first-order valence-corrected chi connectivity index (χ1v) is 5.71. The van der Waals surface area contributed by atoms with E-state index in [1.165, 1.54) is 18.2 Å². The molecule has 7 nitrogen and oxygen atoms in total. The zero-order valence-corrected chi connectivity index (χ0v) is 10.4. The van der Waals surface area contributed by atoms with E-state index in [4.69, 9.17) is 4.74 Å². The Hall–Kier alpha value is -2.44. The summed E-state index contributed by atoms with van der Waals surface area (Å²) in [5, 5.41) is 13.6. The van der Waals surface area contributed by atoms with Crippen LogP contribution in [0.3, 0.4) is 0 Å². The van der Waals surface area contributed by atoms with Crippen LogP contribution >= 0.6 is 0 Å². The number of ether oxygens (including phenoxy) is 1. The van der Waals surface area contributed by atoms with Crippen molar-refractivity contribution in [1.29, 1.82) is 0 Å². The molecule has 1 aromatic carbocycles. The molecule has 7 heteroatoms. The molecule has 0 heterocycles. The first-order chi connectivity index (χ1) is 9.08. The molecule has 1 aromatic rings. The molecule has 0 radical (unpaired) electrons. The van der Waals surface area contributed by atoms with Crippen molar-refractivity contribution < 1.29 is 19.2 Å². The highest BCUT2D eigenvalue weighted by molar-refractivity contribution is 5.79. The molecule has 1 rings (SSSR count). The summed E-state index contributed by atoms with van der Waals surface area (Å²) in [6.45, 7) is 2.22. The number of nitrogens with one attached hydrogen (secondary N) is 1. The monoisotopic (exact) mass is 266 g/mol. The second-order valence-corrected chi connectivity index (χ2v) is 3.63. The molecule has 0 saturated heterocycles. The van der Waals surface area contributed by atoms with Crippen molar-refractivity contribution in [2.45, 2.75) is 13.3 Å². The van der Waals surface area contributed by atoms with Gasteiger partial charge < -0.3 is 10.1 Å². The van der Waals surface area contributed by atoms with E-state index in [9.17, 15) is 19.7 Å². The van der Waals surface area contributed by atoms with Crippen LogP contribution < -0.4 is 5.32 Å². The van der Waals surface area contributed by atoms with Crippen molar-refractivity contribution in [1.82, 2.24) is 0 Å². The molecule has 0 aromatic heterocycles. The van der Waals surface area contributed by atoms with E-state index in [0.717, 1.165) is 0 Å². The van der Waals surface area contributed by atoms with Crippen LogP contribution in [0.15, 0.2) is 18.2 Å². The topological polar surface area (TPSA) is 98.5 Å². The van der Waals surface area contributed by atoms with Crippen molar-refractivity contribution in [2.75, 3.05) is 18.5 Å². The van der Waals surface area contributed by atoms with Gasteiger partial charge in [0.1, 0.15) is 12.0 Å². The van der Waals surface area contributed by atoms with E-state index in [2.05, 4.69) is 5.32 Å². The first-order valence-electron chi connectivity index (χ1n) is 5.71. The number of nitro groups is 1. The minimum atomic E-state index is -0.584. The number of carbonyl (C=O) groups is 2. The summed E-state index contributed by atoms with van der Waals surface area (Å²) in [5.74, 6) is -0.373. The van der Waals surface area contributed by atoms with E-state index >= 15 is 0 Å². The molecule has 0 saturated carbocycles. The van der Waals surface area contributed by atoms with Crippen LogP contribution in [0.5, 0.6) is 0 Å². The average Bonchev–Trinajstić information content (AvgIpc) is 2.39. The van der Waals surface area contributed by atoms with E-state index in [1.807, 2.05) is 0 Å². The Bertz CT molecular complexity index is 487. The Morgan fingerprint density at radius 1 is 1.53 bits per heavy atom. The van der Waals surface area contributed by atoms with Crippen LogP contribution in [0.2, 0.25) is 0 Å². The van der Waals surface area contributed by atoms with Gasteiger partial charge in [-0.25, -0.2) is 0 Å². The lowest BCUT2D eigenvalue weighted by molar-refractivity contribution is -0.384. The van der Waals surface area contributed by atoms with Crippen LogP contribution in [-0.2, 0) is 9.53 Å². The molecular formula is C12H14N2O5. The largest absolute Gasteiger partial charge is 0.466 e. The summed E-state index contributed by atoms with van der Waals surface area (Å²) >= 11 is 0. The van der Waals surface area contributed by atoms with E-state index in [-0.39, 0.29) is 35.9 Å². The van der Waals surface area contributed by atoms with Gasteiger partial charge in [0.25, 0.3) is 5.69 Å². The van der Waals surface area contributed by atoms with Crippen LogP contribution in [-0.4, -0.2) is 30.3 Å². The fraction of sp³-hybridized carbons (Fsp3) is 0.333. The van der Waals surface area contributed by atoms with Gasteiger partial charge in [-0.2, -0.15) is 0 Å². The Kier molecular flexibility index (Phi) is 5.46. The normalized spacial score (nSPS) is 9.74. The molecule has 0 bridgehead atoms. The molecule has 0 aliphatic heterocycles. The summed E-state index contributed by atoms with van der Waals surface area (Å²) < 4.78 is 4.73. The van der Waals surface area contributed by atoms with Crippen molar-refractivity contribution in [2.24, 2.45) is 0 Å². The zero-order valence-electron chi connectivity index (χ0n) is 10.4. The summed E-state index contributed by atoms with van der Waals surface area (Å²) in [4.78, 5) is 31.9. The second kappa shape index (κ2) is 7.10. The van der Waals surface area contributed by atoms with Gasteiger partial charge in [0.2, 0.25) is 0 Å². The predicted octanol–water partition coefficient (Wildman–Crippen LogP) is 1.77. The predicted molar refractivity (Wildman–Crippen MR) is 68.2 cm³/mol. The maximum absolute atomic E-state index is 11.1. The number of aldehydes is 1. The number of hydrogen-bond donors (Lipinski definition) is 1. The molecule has 0 fully saturated rings. The van der Waals surface area contributed by atoms with E-state index in [1.54, 1.807) is 6.92 Å². The molecular weight excluding hydrogens is 252 g/mol. The minimum Gasteiger partial charge on any atom is -0.466 e. The van der Waals surface area contributed by atoms with Crippen LogP contribution in [0.1, 0.15) is 23.7 Å². The minimum absolute atomic E-state index is 0.112. The van der Waals surface area contributed by atoms with Gasteiger partial charge in [0.05, 0.1) is 18.0 Å². The number of anilines is 1.